The van der Waals surface area contributed by atoms with Gasteiger partial charge in [-0.25, -0.2) is 4.79 Å². The molecular formula is C29H27NO4. The van der Waals surface area contributed by atoms with Gasteiger partial charge >= 0.3 is 5.97 Å². The lowest BCUT2D eigenvalue weighted by molar-refractivity contribution is -0.139. The number of hydrogen-bond donors (Lipinski definition) is 2. The van der Waals surface area contributed by atoms with Crippen molar-refractivity contribution >= 4 is 5.97 Å². The third kappa shape index (κ3) is 5.81. The highest BCUT2D eigenvalue weighted by Gasteiger charge is 2.10. The van der Waals surface area contributed by atoms with Gasteiger partial charge in [0, 0.05) is 11.8 Å². The summed E-state index contributed by atoms with van der Waals surface area (Å²) in [4.78, 5) is 26.1. The van der Waals surface area contributed by atoms with Gasteiger partial charge in [-0.05, 0) is 72.2 Å². The molecule has 0 aliphatic carbocycles. The lowest BCUT2D eigenvalue weighted by Gasteiger charge is -2.12. The topological polar surface area (TPSA) is 79.4 Å². The number of aryl methyl sites for hydroxylation is 3. The molecule has 4 aromatic rings. The molecule has 5 nitrogen and oxygen atoms in total. The number of carboxylic acids is 1. The zero-order valence-electron chi connectivity index (χ0n) is 19.1. The van der Waals surface area contributed by atoms with Gasteiger partial charge in [0.25, 0.3) is 5.56 Å². The van der Waals surface area contributed by atoms with Gasteiger partial charge in [0.05, 0.1) is 0 Å². The number of pyridine rings is 1. The van der Waals surface area contributed by atoms with Crippen molar-refractivity contribution in [3.63, 3.8) is 0 Å². The van der Waals surface area contributed by atoms with Gasteiger partial charge in [0.1, 0.15) is 5.75 Å². The number of carbonyl (C=O) groups is 1. The first-order valence-electron chi connectivity index (χ1n) is 11.3. The minimum atomic E-state index is -1.01. The first-order valence-corrected chi connectivity index (χ1v) is 11.3. The Bertz CT molecular complexity index is 1360. The summed E-state index contributed by atoms with van der Waals surface area (Å²) in [5, 5.41) is 8.78. The molecule has 0 radical (unpaired) electrons. The number of aromatic amines is 1. The Kier molecular flexibility index (Phi) is 7.23. The molecule has 1 aromatic heterocycles. The fourth-order valence-corrected chi connectivity index (χ4v) is 4.09. The van der Waals surface area contributed by atoms with E-state index in [-0.39, 0.29) is 12.2 Å². The highest BCUT2D eigenvalue weighted by molar-refractivity contribution is 5.83. The van der Waals surface area contributed by atoms with Crippen LogP contribution in [0.1, 0.15) is 23.1 Å². The molecule has 2 N–H and O–H groups in total. The third-order valence-corrected chi connectivity index (χ3v) is 5.72. The number of H-pyrrole nitrogens is 1. The van der Waals surface area contributed by atoms with Crippen LogP contribution in [0.5, 0.6) is 5.75 Å². The quantitative estimate of drug-likeness (QED) is 0.343. The fourth-order valence-electron chi connectivity index (χ4n) is 4.09. The minimum Gasteiger partial charge on any atom is -0.482 e. The molecule has 1 heterocycles. The average Bonchev–Trinajstić information content (AvgIpc) is 2.84. The van der Waals surface area contributed by atoms with E-state index in [9.17, 15) is 9.59 Å². The normalized spacial score (nSPS) is 10.7. The van der Waals surface area contributed by atoms with Crippen LogP contribution in [0.3, 0.4) is 0 Å². The van der Waals surface area contributed by atoms with Gasteiger partial charge < -0.3 is 14.8 Å². The third-order valence-electron chi connectivity index (χ3n) is 5.72. The van der Waals surface area contributed by atoms with Crippen LogP contribution in [-0.4, -0.2) is 22.7 Å². The molecule has 0 amide bonds. The second kappa shape index (κ2) is 10.7. The van der Waals surface area contributed by atoms with Crippen LogP contribution in [0.15, 0.2) is 89.9 Å². The lowest BCUT2D eigenvalue weighted by Crippen LogP contribution is -2.12. The smallest absolute Gasteiger partial charge is 0.341 e. The predicted molar refractivity (Wildman–Crippen MR) is 134 cm³/mol. The summed E-state index contributed by atoms with van der Waals surface area (Å²) >= 11 is 0. The molecule has 3 aromatic carbocycles. The monoisotopic (exact) mass is 453 g/mol. The van der Waals surface area contributed by atoms with Crippen molar-refractivity contribution in [3.05, 3.63) is 112 Å². The van der Waals surface area contributed by atoms with E-state index in [4.69, 9.17) is 9.84 Å². The minimum absolute atomic E-state index is 0.0738. The number of nitrogens with one attached hydrogen (secondary N) is 1. The van der Waals surface area contributed by atoms with E-state index in [0.29, 0.717) is 12.2 Å². The Morgan fingerprint density at radius 2 is 1.65 bits per heavy atom. The number of benzene rings is 3. The Labute approximate surface area is 198 Å². The average molecular weight is 454 g/mol. The number of carboxylic acid groups (broad SMARTS) is 1. The van der Waals surface area contributed by atoms with Gasteiger partial charge in [-0.3, -0.25) is 4.79 Å². The number of aliphatic carboxylic acids is 1. The molecular weight excluding hydrogens is 426 g/mol. The molecule has 0 saturated carbocycles. The Hall–Kier alpha value is -4.12. The first kappa shape index (κ1) is 23.1. The highest BCUT2D eigenvalue weighted by Crippen LogP contribution is 2.32. The van der Waals surface area contributed by atoms with E-state index in [1.165, 1.54) is 5.56 Å². The number of aromatic nitrogens is 1. The lowest BCUT2D eigenvalue weighted by atomic mass is 9.93. The van der Waals surface area contributed by atoms with Crippen LogP contribution in [0.4, 0.5) is 0 Å². The molecule has 0 aliphatic rings. The highest BCUT2D eigenvalue weighted by atomic mass is 16.5. The van der Waals surface area contributed by atoms with E-state index in [2.05, 4.69) is 48.3 Å². The molecule has 0 bridgehead atoms. The van der Waals surface area contributed by atoms with Crippen LogP contribution in [0.2, 0.25) is 0 Å². The van der Waals surface area contributed by atoms with E-state index < -0.39 is 5.97 Å². The number of ether oxygens (including phenoxy) is 1. The van der Waals surface area contributed by atoms with Gasteiger partial charge in [0.2, 0.25) is 0 Å². The van der Waals surface area contributed by atoms with Gasteiger partial charge in [0.15, 0.2) is 6.61 Å². The molecule has 0 aliphatic heterocycles. The zero-order chi connectivity index (χ0) is 23.9. The Morgan fingerprint density at radius 3 is 2.41 bits per heavy atom. The molecule has 0 fully saturated rings. The molecule has 0 saturated heterocycles. The molecule has 0 unspecified atom stereocenters. The maximum Gasteiger partial charge on any atom is 0.341 e. The Morgan fingerprint density at radius 1 is 0.882 bits per heavy atom. The Balaban J connectivity index is 1.51. The number of hydrogen-bond acceptors (Lipinski definition) is 3. The van der Waals surface area contributed by atoms with Crippen LogP contribution in [-0.2, 0) is 17.6 Å². The molecule has 4 rings (SSSR count). The summed E-state index contributed by atoms with van der Waals surface area (Å²) in [6.07, 6.45) is 3.96. The molecule has 0 spiro atoms. The predicted octanol–water partition coefficient (Wildman–Crippen LogP) is 5.66. The van der Waals surface area contributed by atoms with E-state index in [1.54, 1.807) is 12.3 Å². The van der Waals surface area contributed by atoms with Crippen LogP contribution >= 0.6 is 0 Å². The molecule has 172 valence electrons. The maximum atomic E-state index is 12.5. The number of rotatable bonds is 9. The van der Waals surface area contributed by atoms with Crippen LogP contribution in [0, 0.1) is 6.92 Å². The van der Waals surface area contributed by atoms with Crippen LogP contribution < -0.4 is 10.3 Å². The maximum absolute atomic E-state index is 12.5. The van der Waals surface area contributed by atoms with E-state index >= 15 is 0 Å². The summed E-state index contributed by atoms with van der Waals surface area (Å²) in [5.41, 5.74) is 7.25. The van der Waals surface area contributed by atoms with Crippen LogP contribution in [0.25, 0.3) is 22.3 Å². The van der Waals surface area contributed by atoms with Crippen molar-refractivity contribution in [2.24, 2.45) is 0 Å². The van der Waals surface area contributed by atoms with Crippen molar-refractivity contribution in [2.75, 3.05) is 6.61 Å². The van der Waals surface area contributed by atoms with E-state index in [0.717, 1.165) is 46.2 Å². The van der Waals surface area contributed by atoms with Crippen molar-refractivity contribution in [2.45, 2.75) is 26.2 Å². The van der Waals surface area contributed by atoms with E-state index in [1.807, 2.05) is 36.4 Å². The summed E-state index contributed by atoms with van der Waals surface area (Å²) in [6.45, 7) is 1.72. The second-order valence-electron chi connectivity index (χ2n) is 8.34. The van der Waals surface area contributed by atoms with Gasteiger partial charge in [-0.1, -0.05) is 66.2 Å². The van der Waals surface area contributed by atoms with Gasteiger partial charge in [-0.15, -0.1) is 0 Å². The SMILES string of the molecule is Cc1cccc(-c2ccccc2-c2c[nH]c(=O)c(CCCc3cccc(OCC(=O)O)c3)c2)c1. The first-order chi connectivity index (χ1) is 16.5. The van der Waals surface area contributed by atoms with Crippen molar-refractivity contribution in [1.29, 1.82) is 0 Å². The van der Waals surface area contributed by atoms with Crippen molar-refractivity contribution < 1.29 is 14.6 Å². The fraction of sp³-hybridized carbons (Fsp3) is 0.172. The van der Waals surface area contributed by atoms with Crippen molar-refractivity contribution in [1.82, 2.24) is 4.98 Å². The molecule has 5 heteroatoms. The summed E-state index contributed by atoms with van der Waals surface area (Å²) < 4.78 is 5.26. The largest absolute Gasteiger partial charge is 0.482 e. The van der Waals surface area contributed by atoms with Gasteiger partial charge in [-0.2, -0.15) is 0 Å². The zero-order valence-corrected chi connectivity index (χ0v) is 19.1. The summed E-state index contributed by atoms with van der Waals surface area (Å²) in [6, 6.07) is 26.0. The summed E-state index contributed by atoms with van der Waals surface area (Å²) in [7, 11) is 0. The second-order valence-corrected chi connectivity index (χ2v) is 8.34. The standard InChI is InChI=1S/C29H27NO4/c1-20-7-4-10-22(15-20)26-13-2-3-14-27(26)24-17-23(29(33)30-18-24)11-5-8-21-9-6-12-25(16-21)34-19-28(31)32/h2-4,6-7,9-10,12-18H,5,8,11,19H2,1H3,(H,30,33)(H,31,32). The van der Waals surface area contributed by atoms with Crippen molar-refractivity contribution in [3.8, 4) is 28.0 Å². The molecule has 34 heavy (non-hydrogen) atoms. The molecule has 0 atom stereocenters. The summed E-state index contributed by atoms with van der Waals surface area (Å²) in [5.74, 6) is -0.471.